The van der Waals surface area contributed by atoms with E-state index in [0.717, 1.165) is 72.2 Å². The van der Waals surface area contributed by atoms with Crippen LogP contribution in [0.15, 0.2) is 205 Å². The molecular formula is C58H43N3O2. The first kappa shape index (κ1) is 34.7. The number of aromatic hydroxyl groups is 1. The Labute approximate surface area is 370 Å². The van der Waals surface area contributed by atoms with E-state index in [4.69, 9.17) is 18.5 Å². The predicted molar refractivity (Wildman–Crippen MR) is 258 cm³/mol. The number of benzene rings is 8. The van der Waals surface area contributed by atoms with Crippen LogP contribution in [-0.4, -0.2) is 19.6 Å². The number of furan rings is 1. The van der Waals surface area contributed by atoms with Gasteiger partial charge in [-0.3, -0.25) is 9.55 Å². The van der Waals surface area contributed by atoms with Crippen LogP contribution in [0.3, 0.4) is 0 Å². The van der Waals surface area contributed by atoms with Crippen LogP contribution in [0.2, 0.25) is 0 Å². The van der Waals surface area contributed by atoms with E-state index < -0.39 is 6.85 Å². The molecule has 3 heterocycles. The van der Waals surface area contributed by atoms with E-state index >= 15 is 0 Å². The Bertz CT molecular complexity index is 3610. The highest BCUT2D eigenvalue weighted by atomic mass is 16.3. The maximum absolute atomic E-state index is 11.4. The number of fused-ring (bicyclic) bond motifs is 4. The summed E-state index contributed by atoms with van der Waals surface area (Å²) in [6.07, 6.45) is 1.86. The van der Waals surface area contributed by atoms with Crippen LogP contribution in [0.1, 0.15) is 34.7 Å². The van der Waals surface area contributed by atoms with Gasteiger partial charge < -0.3 is 9.52 Å². The van der Waals surface area contributed by atoms with Gasteiger partial charge in [0.15, 0.2) is 0 Å². The van der Waals surface area contributed by atoms with Gasteiger partial charge in [0.05, 0.1) is 28.0 Å². The van der Waals surface area contributed by atoms with Crippen LogP contribution in [0.4, 0.5) is 0 Å². The molecule has 302 valence electrons. The molecular weight excluding hydrogens is 771 g/mol. The predicted octanol–water partition coefficient (Wildman–Crippen LogP) is 15.0. The van der Waals surface area contributed by atoms with Gasteiger partial charge in [-0.15, -0.1) is 0 Å². The molecule has 0 aliphatic rings. The Morgan fingerprint density at radius 1 is 0.556 bits per heavy atom. The summed E-state index contributed by atoms with van der Waals surface area (Å²) in [4.78, 5) is 10.3. The molecule has 63 heavy (non-hydrogen) atoms. The summed E-state index contributed by atoms with van der Waals surface area (Å²) < 4.78 is 33.6. The van der Waals surface area contributed by atoms with Crippen LogP contribution in [0.5, 0.6) is 5.75 Å². The summed E-state index contributed by atoms with van der Waals surface area (Å²) in [5, 5.41) is 13.3. The Balaban J connectivity index is 1.11. The molecule has 11 rings (SSSR count). The summed E-state index contributed by atoms with van der Waals surface area (Å²) in [7, 11) is 0. The average Bonchev–Trinajstić information content (AvgIpc) is 3.93. The molecule has 1 N–H and O–H groups in total. The summed E-state index contributed by atoms with van der Waals surface area (Å²) in [5.74, 6) is 0.577. The fourth-order valence-corrected chi connectivity index (χ4v) is 9.07. The van der Waals surface area contributed by atoms with Gasteiger partial charge in [-0.25, -0.2) is 4.98 Å². The molecule has 5 heteroatoms. The standard InChI is InChI=1S/C58H43N3O2/c1-37-25-30-50(47(33-37)39-15-6-4-7-16-39)61-51-22-14-21-44(56(51)60-57(61)45-19-10-12-23-52(45)62)48-34-41(36-54-55(48)46-20-11-13-24-53(46)63-54)49-35-40(31-32-59-49)38-26-28-43(29-27-38)58(2,3)42-17-8-5-9-18-42/h4-36,62H,1-3H3/i1D3. The molecule has 8 aromatic carbocycles. The second-order valence-corrected chi connectivity index (χ2v) is 16.6. The second-order valence-electron chi connectivity index (χ2n) is 16.6. The Morgan fingerprint density at radius 2 is 1.29 bits per heavy atom. The van der Waals surface area contributed by atoms with Crippen molar-refractivity contribution in [2.75, 3.05) is 0 Å². The molecule has 0 aliphatic carbocycles. The smallest absolute Gasteiger partial charge is 0.149 e. The minimum atomic E-state index is -2.32. The molecule has 0 spiro atoms. The minimum absolute atomic E-state index is 0.0710. The van der Waals surface area contributed by atoms with Gasteiger partial charge in [0, 0.05) is 43.2 Å². The topological polar surface area (TPSA) is 64.1 Å². The first-order chi connectivity index (χ1) is 32.0. The van der Waals surface area contributed by atoms with Crippen molar-refractivity contribution < 1.29 is 13.6 Å². The zero-order valence-corrected chi connectivity index (χ0v) is 34.7. The van der Waals surface area contributed by atoms with Gasteiger partial charge in [0.1, 0.15) is 22.7 Å². The number of hydrogen-bond acceptors (Lipinski definition) is 4. The zero-order chi connectivity index (χ0) is 45.2. The molecule has 5 nitrogen and oxygen atoms in total. The van der Waals surface area contributed by atoms with E-state index in [1.165, 1.54) is 11.1 Å². The molecule has 0 saturated heterocycles. The zero-order valence-electron chi connectivity index (χ0n) is 37.7. The van der Waals surface area contributed by atoms with E-state index in [2.05, 4.69) is 98.8 Å². The monoisotopic (exact) mass is 816 g/mol. The van der Waals surface area contributed by atoms with Crippen molar-refractivity contribution in [1.82, 2.24) is 14.5 Å². The lowest BCUT2D eigenvalue weighted by Gasteiger charge is -2.26. The largest absolute Gasteiger partial charge is 0.507 e. The maximum atomic E-state index is 11.4. The van der Waals surface area contributed by atoms with E-state index in [1.54, 1.807) is 24.3 Å². The SMILES string of the molecule is [2H]C([2H])([2H])c1ccc(-n2c(-c3ccccc3O)nc3c(-c4cc(-c5cc(-c6ccc(C(C)(C)c7ccccc7)cc6)ccn5)cc5oc6ccccc6c45)cccc32)c(-c2ccccc2)c1. The Hall–Kier alpha value is -8.02. The van der Waals surface area contributed by atoms with Crippen LogP contribution >= 0.6 is 0 Å². The highest BCUT2D eigenvalue weighted by Gasteiger charge is 2.25. The van der Waals surface area contributed by atoms with Crippen molar-refractivity contribution in [1.29, 1.82) is 0 Å². The maximum Gasteiger partial charge on any atom is 0.149 e. The van der Waals surface area contributed by atoms with Crippen molar-refractivity contribution in [2.24, 2.45) is 0 Å². The van der Waals surface area contributed by atoms with Gasteiger partial charge in [-0.1, -0.05) is 153 Å². The highest BCUT2D eigenvalue weighted by molar-refractivity contribution is 6.16. The van der Waals surface area contributed by atoms with Crippen molar-refractivity contribution >= 4 is 33.0 Å². The molecule has 0 unspecified atom stereocenters. The molecule has 0 amide bonds. The Morgan fingerprint density at radius 3 is 2.10 bits per heavy atom. The summed E-state index contributed by atoms with van der Waals surface area (Å²) in [6.45, 7) is 2.19. The second kappa shape index (κ2) is 15.2. The summed E-state index contributed by atoms with van der Waals surface area (Å²) in [6, 6.07) is 64.2. The van der Waals surface area contributed by atoms with Crippen molar-refractivity contribution in [2.45, 2.75) is 26.1 Å². The number of hydrogen-bond donors (Lipinski definition) is 1. The number of para-hydroxylation sites is 3. The number of aromatic nitrogens is 3. The van der Waals surface area contributed by atoms with Crippen LogP contribution in [0.25, 0.3) is 94.7 Å². The van der Waals surface area contributed by atoms with Crippen molar-refractivity contribution in [3.63, 3.8) is 0 Å². The van der Waals surface area contributed by atoms with Crippen molar-refractivity contribution in [3.8, 4) is 67.5 Å². The first-order valence-corrected chi connectivity index (χ1v) is 21.1. The summed E-state index contributed by atoms with van der Waals surface area (Å²) in [5.41, 5.74) is 13.9. The molecule has 0 bridgehead atoms. The van der Waals surface area contributed by atoms with E-state index in [-0.39, 0.29) is 16.7 Å². The fraction of sp³-hybridized carbons (Fsp3) is 0.0690. The number of rotatable bonds is 8. The van der Waals surface area contributed by atoms with Gasteiger partial charge in [0.2, 0.25) is 0 Å². The van der Waals surface area contributed by atoms with E-state index in [9.17, 15) is 5.11 Å². The average molecular weight is 817 g/mol. The first-order valence-electron chi connectivity index (χ1n) is 22.6. The number of phenolic OH excluding ortho intramolecular Hbond substituents is 1. The van der Waals surface area contributed by atoms with Gasteiger partial charge in [-0.2, -0.15) is 0 Å². The molecule has 0 aliphatic heterocycles. The third-order valence-corrected chi connectivity index (χ3v) is 12.4. The minimum Gasteiger partial charge on any atom is -0.507 e. The fourth-order valence-electron chi connectivity index (χ4n) is 9.07. The van der Waals surface area contributed by atoms with Gasteiger partial charge in [-0.05, 0) is 101 Å². The lowest BCUT2D eigenvalue weighted by atomic mass is 9.78. The van der Waals surface area contributed by atoms with Crippen molar-refractivity contribution in [3.05, 3.63) is 217 Å². The quantitative estimate of drug-likeness (QED) is 0.166. The number of phenols is 1. The Kier molecular flexibility index (Phi) is 8.34. The number of nitrogens with zero attached hydrogens (tertiary/aromatic N) is 3. The lowest BCUT2D eigenvalue weighted by Crippen LogP contribution is -2.18. The van der Waals surface area contributed by atoms with Crippen LogP contribution in [0, 0.1) is 6.85 Å². The highest BCUT2D eigenvalue weighted by Crippen LogP contribution is 2.45. The number of aryl methyl sites for hydroxylation is 1. The molecule has 11 aromatic rings. The summed E-state index contributed by atoms with van der Waals surface area (Å²) >= 11 is 0. The normalized spacial score (nSPS) is 12.7. The number of imidazole rings is 1. The molecule has 3 aromatic heterocycles. The van der Waals surface area contributed by atoms with Crippen LogP contribution < -0.4 is 0 Å². The van der Waals surface area contributed by atoms with Gasteiger partial charge >= 0.3 is 0 Å². The molecule has 0 saturated carbocycles. The molecule has 0 fully saturated rings. The lowest BCUT2D eigenvalue weighted by molar-refractivity contribution is 0.477. The van der Waals surface area contributed by atoms with Gasteiger partial charge in [0.25, 0.3) is 0 Å². The van der Waals surface area contributed by atoms with Crippen LogP contribution in [-0.2, 0) is 5.41 Å². The van der Waals surface area contributed by atoms with E-state index in [0.29, 0.717) is 22.5 Å². The third kappa shape index (κ3) is 6.57. The molecule has 0 radical (unpaired) electrons. The third-order valence-electron chi connectivity index (χ3n) is 12.4. The van der Waals surface area contributed by atoms with E-state index in [1.807, 2.05) is 95.7 Å². The molecule has 0 atom stereocenters. The number of pyridine rings is 1.